The van der Waals surface area contributed by atoms with E-state index in [1.165, 1.54) is 18.4 Å². The molecule has 1 N–H and O–H groups in total. The predicted octanol–water partition coefficient (Wildman–Crippen LogP) is 2.97. The molecule has 0 radical (unpaired) electrons. The fraction of sp³-hybridized carbons (Fsp3) is 0.235. The highest BCUT2D eigenvalue weighted by molar-refractivity contribution is 7.91. The topological polar surface area (TPSA) is 104 Å². The molecule has 2 aromatic heterocycles. The molecule has 0 atom stereocenters. The molecule has 0 unspecified atom stereocenters. The zero-order valence-corrected chi connectivity index (χ0v) is 14.7. The van der Waals surface area contributed by atoms with E-state index < -0.39 is 9.84 Å². The van der Waals surface area contributed by atoms with Gasteiger partial charge in [0.05, 0.1) is 11.2 Å². The maximum atomic E-state index is 13.1. The van der Waals surface area contributed by atoms with Crippen molar-refractivity contribution < 1.29 is 26.7 Å². The fourth-order valence-electron chi connectivity index (χ4n) is 2.57. The van der Waals surface area contributed by atoms with Crippen molar-refractivity contribution in [3.05, 3.63) is 36.6 Å². The zero-order valence-electron chi connectivity index (χ0n) is 13.9. The number of aromatic nitrogens is 1. The van der Waals surface area contributed by atoms with Crippen LogP contribution in [0.4, 0.5) is 5.88 Å². The number of rotatable bonds is 5. The minimum Gasteiger partial charge on any atom is -0.486 e. The third-order valence-corrected chi connectivity index (χ3v) is 5.40. The van der Waals surface area contributed by atoms with E-state index in [9.17, 15) is 8.42 Å². The molecule has 0 spiro atoms. The first-order valence-electron chi connectivity index (χ1n) is 8.03. The maximum absolute atomic E-state index is 13.1. The average Bonchev–Trinajstić information content (AvgIpc) is 3.31. The lowest BCUT2D eigenvalue weighted by molar-refractivity contribution is 0.171. The number of nitrogens with zero attached hydrogens (tertiary/aromatic N) is 1. The van der Waals surface area contributed by atoms with Gasteiger partial charge in [0.2, 0.25) is 20.7 Å². The monoisotopic (exact) mass is 376 g/mol. The molecule has 1 aliphatic heterocycles. The summed E-state index contributed by atoms with van der Waals surface area (Å²) in [6, 6.07) is 7.77. The van der Waals surface area contributed by atoms with E-state index in [4.69, 9.17) is 18.3 Å². The lowest BCUT2D eigenvalue weighted by atomic mass is 10.3. The molecule has 1 aromatic carbocycles. The maximum Gasteiger partial charge on any atom is 0.266 e. The quantitative estimate of drug-likeness (QED) is 0.725. The lowest BCUT2D eigenvalue weighted by Gasteiger charge is -2.18. The second kappa shape index (κ2) is 6.41. The predicted molar refractivity (Wildman–Crippen MR) is 91.3 cm³/mol. The number of anilines is 1. The van der Waals surface area contributed by atoms with Gasteiger partial charge in [0.15, 0.2) is 17.3 Å². The van der Waals surface area contributed by atoms with E-state index in [1.807, 2.05) is 6.92 Å². The largest absolute Gasteiger partial charge is 0.486 e. The molecule has 0 saturated carbocycles. The molecule has 3 heterocycles. The first-order chi connectivity index (χ1) is 12.6. The standard InChI is InChI=1S/C17H16N2O6S/c1-2-18-16-17(19-15(25-16)13-4-3-7-22-13)26(20,21)11-5-6-12-14(10-11)24-9-8-23-12/h3-7,10,18H,2,8-9H2,1H3. The van der Waals surface area contributed by atoms with Crippen LogP contribution in [0, 0.1) is 0 Å². The number of oxazole rings is 1. The number of ether oxygens (including phenoxy) is 2. The molecule has 8 nitrogen and oxygen atoms in total. The summed E-state index contributed by atoms with van der Waals surface area (Å²) in [5.74, 6) is 1.39. The highest BCUT2D eigenvalue weighted by Gasteiger charge is 2.30. The zero-order chi connectivity index (χ0) is 18.1. The van der Waals surface area contributed by atoms with Crippen LogP contribution in [-0.4, -0.2) is 33.2 Å². The molecule has 3 aromatic rings. The van der Waals surface area contributed by atoms with Gasteiger partial charge in [0, 0.05) is 12.6 Å². The van der Waals surface area contributed by atoms with Crippen LogP contribution in [0.3, 0.4) is 0 Å². The summed E-state index contributed by atoms with van der Waals surface area (Å²) in [5, 5.41) is 2.68. The molecule has 0 bridgehead atoms. The van der Waals surface area contributed by atoms with Crippen molar-refractivity contribution in [3.63, 3.8) is 0 Å². The summed E-state index contributed by atoms with van der Waals surface area (Å²) in [6.45, 7) is 3.09. The van der Waals surface area contributed by atoms with Crippen molar-refractivity contribution in [1.29, 1.82) is 0 Å². The number of sulfone groups is 1. The lowest BCUT2D eigenvalue weighted by Crippen LogP contribution is -2.16. The first kappa shape index (κ1) is 16.5. The molecular formula is C17H16N2O6S. The van der Waals surface area contributed by atoms with Crippen molar-refractivity contribution in [3.8, 4) is 23.1 Å². The van der Waals surface area contributed by atoms with Gasteiger partial charge in [0.1, 0.15) is 13.2 Å². The molecule has 0 fully saturated rings. The van der Waals surface area contributed by atoms with Crippen LogP contribution < -0.4 is 14.8 Å². The summed E-state index contributed by atoms with van der Waals surface area (Å²) in [5.41, 5.74) is 0. The summed E-state index contributed by atoms with van der Waals surface area (Å²) in [6.07, 6.45) is 1.46. The van der Waals surface area contributed by atoms with E-state index in [0.29, 0.717) is 37.0 Å². The van der Waals surface area contributed by atoms with Crippen LogP contribution in [-0.2, 0) is 9.84 Å². The Labute approximate surface area is 149 Å². The smallest absolute Gasteiger partial charge is 0.266 e. The van der Waals surface area contributed by atoms with Crippen LogP contribution in [0.1, 0.15) is 6.92 Å². The second-order valence-corrected chi connectivity index (χ2v) is 7.33. The normalized spacial score (nSPS) is 13.6. The third-order valence-electron chi connectivity index (χ3n) is 3.74. The van der Waals surface area contributed by atoms with E-state index >= 15 is 0 Å². The SMILES string of the molecule is CCNc1oc(-c2ccco2)nc1S(=O)(=O)c1ccc2c(c1)OCCO2. The van der Waals surface area contributed by atoms with Crippen molar-refractivity contribution in [2.75, 3.05) is 25.1 Å². The molecular weight excluding hydrogens is 360 g/mol. The number of fused-ring (bicyclic) bond motifs is 1. The van der Waals surface area contributed by atoms with Crippen molar-refractivity contribution in [2.45, 2.75) is 16.8 Å². The molecule has 0 amide bonds. The second-order valence-electron chi connectivity index (χ2n) is 5.47. The van der Waals surface area contributed by atoms with Gasteiger partial charge in [-0.2, -0.15) is 4.98 Å². The molecule has 9 heteroatoms. The minimum absolute atomic E-state index is 0.0418. The van der Waals surface area contributed by atoms with Crippen LogP contribution >= 0.6 is 0 Å². The van der Waals surface area contributed by atoms with Crippen LogP contribution in [0.15, 0.2) is 55.4 Å². The minimum atomic E-state index is -3.94. The first-order valence-corrected chi connectivity index (χ1v) is 9.51. The third kappa shape index (κ3) is 2.80. The summed E-state index contributed by atoms with van der Waals surface area (Å²) in [7, 11) is -3.94. The molecule has 136 valence electrons. The number of furan rings is 1. The van der Waals surface area contributed by atoms with Gasteiger partial charge in [-0.05, 0) is 31.2 Å². The Morgan fingerprint density at radius 3 is 2.69 bits per heavy atom. The highest BCUT2D eigenvalue weighted by atomic mass is 32.2. The number of hydrogen-bond acceptors (Lipinski definition) is 8. The van der Waals surface area contributed by atoms with Crippen LogP contribution in [0.25, 0.3) is 11.7 Å². The Bertz CT molecular complexity index is 1020. The van der Waals surface area contributed by atoms with Crippen LogP contribution in [0.2, 0.25) is 0 Å². The Balaban J connectivity index is 1.80. The average molecular weight is 376 g/mol. The van der Waals surface area contributed by atoms with Crippen LogP contribution in [0.5, 0.6) is 11.5 Å². The Kier molecular flexibility index (Phi) is 4.08. The molecule has 1 aliphatic rings. The fourth-order valence-corrected chi connectivity index (χ4v) is 3.86. The van der Waals surface area contributed by atoms with Gasteiger partial charge >= 0.3 is 0 Å². The Morgan fingerprint density at radius 2 is 1.96 bits per heavy atom. The Hall–Kier alpha value is -2.94. The van der Waals surface area contributed by atoms with Gasteiger partial charge in [-0.3, -0.25) is 0 Å². The number of hydrogen-bond donors (Lipinski definition) is 1. The molecule has 0 saturated heterocycles. The summed E-state index contributed by atoms with van der Waals surface area (Å²) >= 11 is 0. The van der Waals surface area contributed by atoms with Gasteiger partial charge in [-0.15, -0.1) is 0 Å². The molecule has 4 rings (SSSR count). The highest BCUT2D eigenvalue weighted by Crippen LogP contribution is 2.37. The summed E-state index contributed by atoms with van der Waals surface area (Å²) in [4.78, 5) is 4.19. The van der Waals surface area contributed by atoms with Gasteiger partial charge in [-0.1, -0.05) is 0 Å². The van der Waals surface area contributed by atoms with E-state index in [1.54, 1.807) is 18.2 Å². The Morgan fingerprint density at radius 1 is 1.15 bits per heavy atom. The summed E-state index contributed by atoms with van der Waals surface area (Å²) < 4.78 is 47.9. The van der Waals surface area contributed by atoms with E-state index in [0.717, 1.165) is 0 Å². The number of benzene rings is 1. The van der Waals surface area contributed by atoms with E-state index in [-0.39, 0.29) is 21.7 Å². The van der Waals surface area contributed by atoms with Gasteiger partial charge < -0.3 is 23.6 Å². The van der Waals surface area contributed by atoms with Crippen molar-refractivity contribution in [1.82, 2.24) is 4.98 Å². The van der Waals surface area contributed by atoms with E-state index in [2.05, 4.69) is 10.3 Å². The van der Waals surface area contributed by atoms with Gasteiger partial charge in [-0.25, -0.2) is 8.42 Å². The van der Waals surface area contributed by atoms with Crippen molar-refractivity contribution >= 4 is 15.7 Å². The van der Waals surface area contributed by atoms with Crippen molar-refractivity contribution in [2.24, 2.45) is 0 Å². The molecule has 26 heavy (non-hydrogen) atoms. The molecule has 0 aliphatic carbocycles. The number of nitrogens with one attached hydrogen (secondary N) is 1. The van der Waals surface area contributed by atoms with Gasteiger partial charge in [0.25, 0.3) is 5.89 Å².